The van der Waals surface area contributed by atoms with Crippen LogP contribution in [0.1, 0.15) is 18.4 Å². The minimum absolute atomic E-state index is 0.0157. The lowest BCUT2D eigenvalue weighted by atomic mass is 9.95. The van der Waals surface area contributed by atoms with Crippen LogP contribution in [0.3, 0.4) is 0 Å². The Kier molecular flexibility index (Phi) is 6.93. The number of pyridine rings is 1. The Morgan fingerprint density at radius 1 is 1.12 bits per heavy atom. The van der Waals surface area contributed by atoms with Crippen molar-refractivity contribution < 1.29 is 32.9 Å². The van der Waals surface area contributed by atoms with Crippen LogP contribution < -0.4 is 9.64 Å². The number of aromatic nitrogens is 5. The van der Waals surface area contributed by atoms with Gasteiger partial charge in [-0.05, 0) is 24.5 Å². The summed E-state index contributed by atoms with van der Waals surface area (Å²) in [5, 5.41) is 8.49. The molecule has 14 heteroatoms. The fourth-order valence-corrected chi connectivity index (χ4v) is 5.78. The Bertz CT molecular complexity index is 1630. The van der Waals surface area contributed by atoms with E-state index in [-0.39, 0.29) is 43.1 Å². The number of hydrogen-bond donors (Lipinski definition) is 1. The van der Waals surface area contributed by atoms with Gasteiger partial charge in [-0.1, -0.05) is 11.6 Å². The van der Waals surface area contributed by atoms with E-state index in [1.807, 2.05) is 4.90 Å². The molecule has 7 heterocycles. The molecule has 0 amide bonds. The predicted octanol–water partition coefficient (Wildman–Crippen LogP) is 3.83. The lowest BCUT2D eigenvalue weighted by molar-refractivity contribution is -0.00448. The highest BCUT2D eigenvalue weighted by atomic mass is 35.5. The molecule has 2 fully saturated rings. The van der Waals surface area contributed by atoms with E-state index in [9.17, 15) is 4.79 Å². The summed E-state index contributed by atoms with van der Waals surface area (Å²) in [7, 11) is 0. The van der Waals surface area contributed by atoms with Gasteiger partial charge in [0.2, 0.25) is 0 Å². The summed E-state index contributed by atoms with van der Waals surface area (Å²) in [6.07, 6.45) is 2.94. The molecule has 6 bridgehead atoms. The van der Waals surface area contributed by atoms with Gasteiger partial charge in [0.15, 0.2) is 5.82 Å². The number of carbonyl (C=O) groups is 1. The summed E-state index contributed by atoms with van der Waals surface area (Å²) >= 11 is 6.71. The van der Waals surface area contributed by atoms with E-state index >= 15 is 4.39 Å². The zero-order chi connectivity index (χ0) is 27.9. The van der Waals surface area contributed by atoms with E-state index in [2.05, 4.69) is 25.1 Å². The van der Waals surface area contributed by atoms with Crippen LogP contribution in [0.25, 0.3) is 33.1 Å². The van der Waals surface area contributed by atoms with E-state index in [4.69, 9.17) is 35.3 Å². The second-order valence-corrected chi connectivity index (χ2v) is 10.5. The molecule has 41 heavy (non-hydrogen) atoms. The number of H-pyrrole nitrogens is 1. The van der Waals surface area contributed by atoms with Crippen LogP contribution in [-0.2, 0) is 25.4 Å². The van der Waals surface area contributed by atoms with Crippen molar-refractivity contribution in [3.8, 4) is 17.3 Å². The van der Waals surface area contributed by atoms with Crippen LogP contribution >= 0.6 is 11.6 Å². The Morgan fingerprint density at radius 3 is 2.90 bits per heavy atom. The van der Waals surface area contributed by atoms with E-state index in [0.29, 0.717) is 83.9 Å². The molecular formula is C27H26ClFN6O6. The number of aromatic amines is 1. The van der Waals surface area contributed by atoms with Crippen molar-refractivity contribution in [3.63, 3.8) is 0 Å². The summed E-state index contributed by atoms with van der Waals surface area (Å²) in [5.41, 5.74) is 1.89. The van der Waals surface area contributed by atoms with Crippen molar-refractivity contribution >= 4 is 45.4 Å². The number of anilines is 1. The third kappa shape index (κ3) is 4.98. The van der Waals surface area contributed by atoms with E-state index in [1.54, 1.807) is 18.5 Å². The zero-order valence-corrected chi connectivity index (χ0v) is 22.7. The Hall–Kier alpha value is -3.81. The first-order chi connectivity index (χ1) is 20.0. The third-order valence-electron chi connectivity index (χ3n) is 7.43. The normalized spacial score (nSPS) is 21.6. The molecule has 3 aromatic heterocycles. The number of ether oxygens (including phenoxy) is 5. The van der Waals surface area contributed by atoms with Gasteiger partial charge in [-0.15, -0.1) is 0 Å². The molecule has 2 saturated heterocycles. The molecule has 0 unspecified atom stereocenters. The summed E-state index contributed by atoms with van der Waals surface area (Å²) in [6.45, 7) is 2.20. The predicted molar refractivity (Wildman–Crippen MR) is 145 cm³/mol. The quantitative estimate of drug-likeness (QED) is 0.344. The topological polar surface area (TPSA) is 134 Å². The largest absolute Gasteiger partial charge is 0.508 e. The number of nitrogens with zero attached hydrogens (tertiary/aromatic N) is 5. The van der Waals surface area contributed by atoms with Crippen LogP contribution in [0.4, 0.5) is 15.0 Å². The molecule has 8 rings (SSSR count). The minimum atomic E-state index is -0.793. The molecule has 0 radical (unpaired) electrons. The summed E-state index contributed by atoms with van der Waals surface area (Å²) < 4.78 is 44.8. The second-order valence-electron chi connectivity index (χ2n) is 10.1. The van der Waals surface area contributed by atoms with Crippen LogP contribution in [0.2, 0.25) is 5.02 Å². The molecular weight excluding hydrogens is 559 g/mol. The number of benzene rings is 1. The van der Waals surface area contributed by atoms with Crippen LogP contribution in [0.15, 0.2) is 18.5 Å². The first-order valence-electron chi connectivity index (χ1n) is 13.5. The summed E-state index contributed by atoms with van der Waals surface area (Å²) in [4.78, 5) is 28.2. The van der Waals surface area contributed by atoms with E-state index in [1.165, 1.54) is 0 Å². The Labute approximate surface area is 238 Å². The van der Waals surface area contributed by atoms with Crippen molar-refractivity contribution in [2.24, 2.45) is 0 Å². The maximum absolute atomic E-state index is 16.7. The molecule has 0 aliphatic carbocycles. The monoisotopic (exact) mass is 584 g/mol. The summed E-state index contributed by atoms with van der Waals surface area (Å²) in [5.74, 6) is -0.247. The fraction of sp³-hybridized carbons (Fsp3) is 0.444. The standard InChI is InChI=1S/C27H26ClFN6O6/c28-19-8-20-17(10-31-34-20)21-16(19)2-1-5-39-27(36)41-15-11-35(4-7-38-13-15)25-18-9-30-24(21)22(29)23(18)32-26(33-25)40-14-3-6-37-12-14/h8-10,14-15H,1-7,11-13H2,(H,31,34)/t14-,15-/m0/s1. The molecule has 0 spiro atoms. The number of fused-ring (bicyclic) bond motifs is 7. The van der Waals surface area contributed by atoms with Gasteiger partial charge < -0.3 is 28.6 Å². The Morgan fingerprint density at radius 2 is 2.02 bits per heavy atom. The molecule has 4 aliphatic rings. The number of hydrogen-bond acceptors (Lipinski definition) is 11. The molecule has 0 saturated carbocycles. The highest BCUT2D eigenvalue weighted by molar-refractivity contribution is 6.33. The average molecular weight is 585 g/mol. The number of carbonyl (C=O) groups excluding carboxylic acids is 1. The van der Waals surface area contributed by atoms with Crippen molar-refractivity contribution in [1.82, 2.24) is 25.1 Å². The van der Waals surface area contributed by atoms with Gasteiger partial charge in [0, 0.05) is 35.1 Å². The second kappa shape index (κ2) is 10.9. The van der Waals surface area contributed by atoms with Gasteiger partial charge in [0.05, 0.1) is 56.7 Å². The number of nitrogens with one attached hydrogen (secondary N) is 1. The molecule has 1 aromatic carbocycles. The zero-order valence-electron chi connectivity index (χ0n) is 21.9. The molecule has 12 nitrogen and oxygen atoms in total. The third-order valence-corrected chi connectivity index (χ3v) is 7.76. The highest BCUT2D eigenvalue weighted by Crippen LogP contribution is 2.40. The van der Waals surface area contributed by atoms with E-state index < -0.39 is 18.1 Å². The van der Waals surface area contributed by atoms with Crippen LogP contribution in [0, 0.1) is 5.82 Å². The van der Waals surface area contributed by atoms with Crippen molar-refractivity contribution in [2.45, 2.75) is 31.5 Å². The smallest absolute Gasteiger partial charge is 0.458 e. The van der Waals surface area contributed by atoms with Crippen LogP contribution in [0.5, 0.6) is 6.01 Å². The van der Waals surface area contributed by atoms with Gasteiger partial charge in [0.25, 0.3) is 0 Å². The van der Waals surface area contributed by atoms with Crippen molar-refractivity contribution in [3.05, 3.63) is 34.9 Å². The van der Waals surface area contributed by atoms with Crippen molar-refractivity contribution in [1.29, 1.82) is 0 Å². The van der Waals surface area contributed by atoms with Crippen LogP contribution in [-0.4, -0.2) is 89.6 Å². The molecule has 4 aliphatic heterocycles. The SMILES string of the molecule is O=C1OCCCc2c(Cl)cc3[nH]ncc3c2-c2ncc3c(nc(O[C@H]4CCOC4)nc3c2F)N2CCOC[C@H](C2)O1. The summed E-state index contributed by atoms with van der Waals surface area (Å²) in [6, 6.07) is 1.75. The van der Waals surface area contributed by atoms with Gasteiger partial charge in [-0.3, -0.25) is 10.1 Å². The van der Waals surface area contributed by atoms with Gasteiger partial charge in [-0.2, -0.15) is 15.1 Å². The Balaban J connectivity index is 1.46. The van der Waals surface area contributed by atoms with Gasteiger partial charge >= 0.3 is 12.2 Å². The molecule has 1 N–H and O–H groups in total. The number of halogens is 2. The van der Waals surface area contributed by atoms with Gasteiger partial charge in [0.1, 0.15) is 29.2 Å². The average Bonchev–Trinajstić information content (AvgIpc) is 3.59. The minimum Gasteiger partial charge on any atom is -0.458 e. The maximum atomic E-state index is 16.7. The highest BCUT2D eigenvalue weighted by Gasteiger charge is 2.29. The first-order valence-corrected chi connectivity index (χ1v) is 13.8. The first kappa shape index (κ1) is 26.1. The van der Waals surface area contributed by atoms with E-state index in [0.717, 1.165) is 0 Å². The number of rotatable bonds is 2. The molecule has 214 valence electrons. The lowest BCUT2D eigenvalue weighted by Crippen LogP contribution is -2.36. The maximum Gasteiger partial charge on any atom is 0.508 e. The lowest BCUT2D eigenvalue weighted by Gasteiger charge is -2.26. The molecule has 4 aromatic rings. The molecule has 2 atom stereocenters. The van der Waals surface area contributed by atoms with Gasteiger partial charge in [-0.25, -0.2) is 9.18 Å². The fourth-order valence-electron chi connectivity index (χ4n) is 5.48. The van der Waals surface area contributed by atoms with Crippen molar-refractivity contribution in [2.75, 3.05) is 51.0 Å².